The molecule has 190 valence electrons. The van der Waals surface area contributed by atoms with Gasteiger partial charge in [-0.1, -0.05) is 29.8 Å². The number of thioether (sulfide) groups is 1. The van der Waals surface area contributed by atoms with Gasteiger partial charge < -0.3 is 5.32 Å². The van der Waals surface area contributed by atoms with E-state index in [-0.39, 0.29) is 6.03 Å². The summed E-state index contributed by atoms with van der Waals surface area (Å²) >= 11 is 7.65. The lowest BCUT2D eigenvalue weighted by Gasteiger charge is -2.27. The number of fused-ring (bicyclic) bond motifs is 3. The van der Waals surface area contributed by atoms with Gasteiger partial charge >= 0.3 is 6.03 Å². The molecule has 37 heavy (non-hydrogen) atoms. The van der Waals surface area contributed by atoms with E-state index >= 15 is 0 Å². The van der Waals surface area contributed by atoms with E-state index in [9.17, 15) is 13.6 Å². The number of aromatic nitrogens is 2. The third-order valence-electron chi connectivity index (χ3n) is 6.49. The number of rotatable bonds is 6. The molecule has 0 aliphatic carbocycles. The molecule has 1 amide bonds. The highest BCUT2D eigenvalue weighted by atomic mass is 35.5. The predicted molar refractivity (Wildman–Crippen MR) is 145 cm³/mol. The summed E-state index contributed by atoms with van der Waals surface area (Å²) in [5, 5.41) is 4.48. The summed E-state index contributed by atoms with van der Waals surface area (Å²) in [5.41, 5.74) is 4.53. The van der Waals surface area contributed by atoms with Crippen LogP contribution in [0.5, 0.6) is 0 Å². The number of nitrogens with one attached hydrogen (secondary N) is 1. The molecule has 2 aromatic heterocycles. The van der Waals surface area contributed by atoms with Crippen LogP contribution in [0.15, 0.2) is 65.7 Å². The molecule has 4 aromatic rings. The monoisotopic (exact) mass is 538 g/mol. The molecule has 9 heteroatoms. The fraction of sp³-hybridized carbons (Fsp3) is 0.214. The van der Waals surface area contributed by atoms with Crippen molar-refractivity contribution in [1.82, 2.24) is 19.8 Å². The molecular weight excluding hydrogens is 514 g/mol. The van der Waals surface area contributed by atoms with E-state index in [0.29, 0.717) is 36.8 Å². The van der Waals surface area contributed by atoms with Crippen molar-refractivity contribution in [3.05, 3.63) is 100.0 Å². The molecule has 0 unspecified atom stereocenters. The highest BCUT2D eigenvalue weighted by Gasteiger charge is 2.26. The quantitative estimate of drug-likeness (QED) is 0.224. The molecule has 0 saturated carbocycles. The van der Waals surface area contributed by atoms with E-state index in [4.69, 9.17) is 11.6 Å². The molecule has 0 atom stereocenters. The lowest BCUT2D eigenvalue weighted by Crippen LogP contribution is -2.34. The Labute approximate surface area is 223 Å². The summed E-state index contributed by atoms with van der Waals surface area (Å²) in [4.78, 5) is 20.8. The number of nitrogens with zero attached hydrogens (tertiary/aromatic N) is 3. The van der Waals surface area contributed by atoms with E-state index in [1.54, 1.807) is 40.7 Å². The van der Waals surface area contributed by atoms with Crippen LogP contribution in [-0.4, -0.2) is 39.8 Å². The Hall–Kier alpha value is -3.20. The molecule has 1 aliphatic rings. The lowest BCUT2D eigenvalue weighted by molar-refractivity contribution is 0.240. The van der Waals surface area contributed by atoms with E-state index in [1.807, 2.05) is 30.5 Å². The van der Waals surface area contributed by atoms with Crippen LogP contribution in [0.25, 0.3) is 17.0 Å². The van der Waals surface area contributed by atoms with Crippen LogP contribution in [0.1, 0.15) is 22.4 Å². The van der Waals surface area contributed by atoms with Gasteiger partial charge in [0.15, 0.2) is 11.6 Å². The first-order valence-electron chi connectivity index (χ1n) is 11.9. The zero-order valence-corrected chi connectivity index (χ0v) is 21.8. The van der Waals surface area contributed by atoms with E-state index in [2.05, 4.69) is 21.3 Å². The molecule has 0 saturated heterocycles. The van der Waals surface area contributed by atoms with Crippen molar-refractivity contribution in [2.75, 3.05) is 19.3 Å². The van der Waals surface area contributed by atoms with Crippen molar-refractivity contribution in [2.45, 2.75) is 24.4 Å². The summed E-state index contributed by atoms with van der Waals surface area (Å²) in [6, 6.07) is 13.5. The largest absolute Gasteiger partial charge is 0.333 e. The van der Waals surface area contributed by atoms with E-state index < -0.39 is 11.6 Å². The van der Waals surface area contributed by atoms with Crippen molar-refractivity contribution in [3.8, 4) is 0 Å². The third kappa shape index (κ3) is 5.56. The maximum Gasteiger partial charge on any atom is 0.326 e. The molecule has 3 heterocycles. The van der Waals surface area contributed by atoms with Crippen molar-refractivity contribution >= 4 is 46.4 Å². The average Bonchev–Trinajstić information content (AvgIpc) is 3.22. The minimum atomic E-state index is -0.854. The Morgan fingerprint density at radius 3 is 2.81 bits per heavy atom. The van der Waals surface area contributed by atoms with Gasteiger partial charge in [-0.05, 0) is 65.4 Å². The normalized spacial score (nSPS) is 13.8. The second-order valence-electron chi connectivity index (χ2n) is 8.85. The van der Waals surface area contributed by atoms with Crippen LogP contribution >= 0.6 is 23.4 Å². The molecule has 5 rings (SSSR count). The Kier molecular flexibility index (Phi) is 7.60. The van der Waals surface area contributed by atoms with E-state index in [1.165, 1.54) is 6.07 Å². The topological polar surface area (TPSA) is 50.2 Å². The van der Waals surface area contributed by atoms with Crippen molar-refractivity contribution < 1.29 is 13.6 Å². The van der Waals surface area contributed by atoms with Gasteiger partial charge in [-0.15, -0.1) is 11.8 Å². The van der Waals surface area contributed by atoms with Crippen molar-refractivity contribution in [1.29, 1.82) is 0 Å². The summed E-state index contributed by atoms with van der Waals surface area (Å²) in [6.45, 7) is 2.46. The van der Waals surface area contributed by atoms with Gasteiger partial charge in [0, 0.05) is 54.8 Å². The van der Waals surface area contributed by atoms with Crippen molar-refractivity contribution in [2.24, 2.45) is 0 Å². The highest BCUT2D eigenvalue weighted by Crippen LogP contribution is 2.33. The van der Waals surface area contributed by atoms with E-state index in [0.717, 1.165) is 45.2 Å². The van der Waals surface area contributed by atoms with Gasteiger partial charge in [0.05, 0.1) is 5.52 Å². The predicted octanol–water partition coefficient (Wildman–Crippen LogP) is 6.52. The summed E-state index contributed by atoms with van der Waals surface area (Å²) < 4.78 is 28.5. The SMILES string of the molecule is CSc1ccc2c(c1)c1c(n2C(=O)NCc2ccnc(Cl)c2)CCN(CC=Cc2ccc(F)c(F)c2)C1. The minimum Gasteiger partial charge on any atom is -0.333 e. The first kappa shape index (κ1) is 25.4. The van der Waals surface area contributed by atoms with Gasteiger partial charge in [0.1, 0.15) is 5.15 Å². The van der Waals surface area contributed by atoms with Crippen LogP contribution in [0.4, 0.5) is 13.6 Å². The minimum absolute atomic E-state index is 0.178. The van der Waals surface area contributed by atoms with Gasteiger partial charge in [-0.2, -0.15) is 0 Å². The average molecular weight is 539 g/mol. The smallest absolute Gasteiger partial charge is 0.326 e. The molecular formula is C28H25ClF2N4OS. The van der Waals surface area contributed by atoms with Crippen molar-refractivity contribution in [3.63, 3.8) is 0 Å². The number of carbonyl (C=O) groups is 1. The Balaban J connectivity index is 1.38. The van der Waals surface area contributed by atoms with Crippen LogP contribution in [0.2, 0.25) is 5.15 Å². The van der Waals surface area contributed by atoms with Crippen LogP contribution < -0.4 is 5.32 Å². The number of hydrogen-bond donors (Lipinski definition) is 1. The standard InChI is InChI=1S/C28H25ClF2N4OS/c1-37-20-5-7-25-21(15-20)22-17-34(11-2-3-18-4-6-23(30)24(31)13-18)12-9-26(22)35(25)28(36)33-16-19-8-10-32-27(29)14-19/h2-8,10,13-15H,9,11-12,16-17H2,1H3,(H,33,36). The van der Waals surface area contributed by atoms with Gasteiger partial charge in [0.2, 0.25) is 0 Å². The number of hydrogen-bond acceptors (Lipinski definition) is 4. The van der Waals surface area contributed by atoms with Gasteiger partial charge in [-0.25, -0.2) is 18.6 Å². The first-order chi connectivity index (χ1) is 17.9. The molecule has 1 N–H and O–H groups in total. The number of benzene rings is 2. The van der Waals surface area contributed by atoms with Crippen LogP contribution in [-0.2, 0) is 19.5 Å². The van der Waals surface area contributed by atoms with Crippen LogP contribution in [0, 0.1) is 11.6 Å². The maximum absolute atomic E-state index is 13.5. The summed E-state index contributed by atoms with van der Waals surface area (Å²) in [5.74, 6) is -1.71. The number of carbonyl (C=O) groups excluding carboxylic acids is 1. The molecule has 0 bridgehead atoms. The first-order valence-corrected chi connectivity index (χ1v) is 13.5. The molecule has 0 fully saturated rings. The molecule has 0 radical (unpaired) electrons. The van der Waals surface area contributed by atoms with Gasteiger partial charge in [0.25, 0.3) is 0 Å². The van der Waals surface area contributed by atoms with Gasteiger partial charge in [-0.3, -0.25) is 9.47 Å². The Bertz CT molecular complexity index is 1500. The molecule has 2 aromatic carbocycles. The fourth-order valence-corrected chi connectivity index (χ4v) is 5.31. The fourth-order valence-electron chi connectivity index (χ4n) is 4.67. The molecule has 1 aliphatic heterocycles. The summed E-state index contributed by atoms with van der Waals surface area (Å²) in [7, 11) is 0. The Morgan fingerprint density at radius 1 is 1.16 bits per heavy atom. The molecule has 0 spiro atoms. The zero-order chi connectivity index (χ0) is 25.9. The number of halogens is 3. The highest BCUT2D eigenvalue weighted by molar-refractivity contribution is 7.98. The number of amides is 1. The van der Waals surface area contributed by atoms with Crippen LogP contribution in [0.3, 0.4) is 0 Å². The lowest BCUT2D eigenvalue weighted by atomic mass is 10.0. The third-order valence-corrected chi connectivity index (χ3v) is 7.42. The second-order valence-corrected chi connectivity index (χ2v) is 10.1. The maximum atomic E-state index is 13.5. The number of pyridine rings is 1. The Morgan fingerprint density at radius 2 is 2.03 bits per heavy atom. The summed E-state index contributed by atoms with van der Waals surface area (Å²) in [6.07, 6.45) is 8.12. The second kappa shape index (κ2) is 11.0. The molecule has 5 nitrogen and oxygen atoms in total. The zero-order valence-electron chi connectivity index (χ0n) is 20.2.